The summed E-state index contributed by atoms with van der Waals surface area (Å²) >= 11 is 0. The molecule has 1 saturated heterocycles. The van der Waals surface area contributed by atoms with Crippen molar-refractivity contribution >= 4 is 29.9 Å². The van der Waals surface area contributed by atoms with Crippen LogP contribution in [-0.2, 0) is 0 Å². The number of halogens is 1. The SMILES string of the molecule is CN=C(NCCC1CC1)NC1CCN(C(C)C)CC1.I. The van der Waals surface area contributed by atoms with Gasteiger partial charge in [-0.3, -0.25) is 4.99 Å². The number of likely N-dealkylation sites (tertiary alicyclic amines) is 1. The zero-order valence-corrected chi connectivity index (χ0v) is 15.5. The number of rotatable bonds is 5. The average Bonchev–Trinajstić information content (AvgIpc) is 3.22. The first-order valence-corrected chi connectivity index (χ1v) is 7.90. The summed E-state index contributed by atoms with van der Waals surface area (Å²) in [6.07, 6.45) is 6.61. The molecule has 1 heterocycles. The summed E-state index contributed by atoms with van der Waals surface area (Å²) in [5.41, 5.74) is 0. The van der Waals surface area contributed by atoms with Crippen LogP contribution in [0.1, 0.15) is 46.0 Å². The van der Waals surface area contributed by atoms with Gasteiger partial charge in [-0.25, -0.2) is 0 Å². The van der Waals surface area contributed by atoms with E-state index in [0.717, 1.165) is 18.4 Å². The van der Waals surface area contributed by atoms with E-state index in [1.165, 1.54) is 45.2 Å². The Morgan fingerprint density at radius 3 is 2.35 bits per heavy atom. The molecule has 0 unspecified atom stereocenters. The fourth-order valence-electron chi connectivity index (χ4n) is 2.75. The highest BCUT2D eigenvalue weighted by Gasteiger charge is 2.22. The van der Waals surface area contributed by atoms with E-state index in [2.05, 4.69) is 34.4 Å². The van der Waals surface area contributed by atoms with Crippen molar-refractivity contribution in [1.29, 1.82) is 0 Å². The van der Waals surface area contributed by atoms with Crippen molar-refractivity contribution in [2.24, 2.45) is 10.9 Å². The van der Waals surface area contributed by atoms with Crippen LogP contribution in [0.25, 0.3) is 0 Å². The molecule has 4 nitrogen and oxygen atoms in total. The molecule has 0 aromatic rings. The molecular formula is C15H31IN4. The van der Waals surface area contributed by atoms with E-state index >= 15 is 0 Å². The summed E-state index contributed by atoms with van der Waals surface area (Å²) in [7, 11) is 1.87. The number of hydrogen-bond acceptors (Lipinski definition) is 2. The van der Waals surface area contributed by atoms with Crippen molar-refractivity contribution in [3.63, 3.8) is 0 Å². The highest BCUT2D eigenvalue weighted by Crippen LogP contribution is 2.31. The lowest BCUT2D eigenvalue weighted by Gasteiger charge is -2.35. The van der Waals surface area contributed by atoms with Gasteiger partial charge in [-0.05, 0) is 39.0 Å². The maximum atomic E-state index is 4.33. The molecule has 1 aliphatic heterocycles. The molecule has 0 bridgehead atoms. The average molecular weight is 394 g/mol. The van der Waals surface area contributed by atoms with Gasteiger partial charge in [-0.2, -0.15) is 0 Å². The third kappa shape index (κ3) is 6.16. The van der Waals surface area contributed by atoms with Crippen LogP contribution >= 0.6 is 24.0 Å². The minimum Gasteiger partial charge on any atom is -0.356 e. The van der Waals surface area contributed by atoms with Gasteiger partial charge >= 0.3 is 0 Å². The number of aliphatic imine (C=N–C) groups is 1. The van der Waals surface area contributed by atoms with Crippen molar-refractivity contribution in [2.75, 3.05) is 26.7 Å². The fraction of sp³-hybridized carbons (Fsp3) is 0.933. The zero-order chi connectivity index (χ0) is 13.7. The van der Waals surface area contributed by atoms with Crippen LogP contribution in [-0.4, -0.2) is 49.6 Å². The quantitative estimate of drug-likeness (QED) is 0.428. The van der Waals surface area contributed by atoms with Gasteiger partial charge in [0, 0.05) is 38.8 Å². The highest BCUT2D eigenvalue weighted by atomic mass is 127. The topological polar surface area (TPSA) is 39.7 Å². The normalized spacial score (nSPS) is 21.7. The molecule has 0 spiro atoms. The maximum Gasteiger partial charge on any atom is 0.191 e. The Morgan fingerprint density at radius 2 is 1.85 bits per heavy atom. The molecule has 2 rings (SSSR count). The summed E-state index contributed by atoms with van der Waals surface area (Å²) < 4.78 is 0. The van der Waals surface area contributed by atoms with Gasteiger partial charge in [0.15, 0.2) is 5.96 Å². The van der Waals surface area contributed by atoms with Crippen LogP contribution in [0.5, 0.6) is 0 Å². The molecular weight excluding hydrogens is 363 g/mol. The first kappa shape index (κ1) is 18.0. The molecule has 0 atom stereocenters. The second-order valence-electron chi connectivity index (χ2n) is 6.28. The fourth-order valence-corrected chi connectivity index (χ4v) is 2.75. The molecule has 0 amide bonds. The van der Waals surface area contributed by atoms with Gasteiger partial charge in [0.1, 0.15) is 0 Å². The van der Waals surface area contributed by atoms with Crippen LogP contribution in [0.3, 0.4) is 0 Å². The maximum absolute atomic E-state index is 4.33. The van der Waals surface area contributed by atoms with Crippen molar-refractivity contribution in [3.8, 4) is 0 Å². The van der Waals surface area contributed by atoms with Crippen molar-refractivity contribution in [2.45, 2.75) is 58.0 Å². The number of nitrogens with one attached hydrogen (secondary N) is 2. The van der Waals surface area contributed by atoms with Crippen LogP contribution in [0.15, 0.2) is 4.99 Å². The lowest BCUT2D eigenvalue weighted by atomic mass is 10.0. The molecule has 2 N–H and O–H groups in total. The second-order valence-corrected chi connectivity index (χ2v) is 6.28. The monoisotopic (exact) mass is 394 g/mol. The van der Waals surface area contributed by atoms with Gasteiger partial charge in [0.05, 0.1) is 0 Å². The van der Waals surface area contributed by atoms with E-state index in [9.17, 15) is 0 Å². The van der Waals surface area contributed by atoms with Gasteiger partial charge in [0.25, 0.3) is 0 Å². The Labute approximate surface area is 141 Å². The van der Waals surface area contributed by atoms with E-state index < -0.39 is 0 Å². The van der Waals surface area contributed by atoms with E-state index in [1.54, 1.807) is 0 Å². The highest BCUT2D eigenvalue weighted by molar-refractivity contribution is 14.0. The summed E-state index contributed by atoms with van der Waals surface area (Å²) in [5.74, 6) is 1.98. The Bertz CT molecular complexity index is 294. The lowest BCUT2D eigenvalue weighted by Crippen LogP contribution is -2.50. The number of hydrogen-bond donors (Lipinski definition) is 2. The van der Waals surface area contributed by atoms with Crippen molar-refractivity contribution in [1.82, 2.24) is 15.5 Å². The van der Waals surface area contributed by atoms with Crippen LogP contribution in [0.4, 0.5) is 0 Å². The molecule has 118 valence electrons. The first-order chi connectivity index (χ1) is 9.19. The molecule has 1 saturated carbocycles. The Morgan fingerprint density at radius 1 is 1.20 bits per heavy atom. The second kappa shape index (κ2) is 9.07. The summed E-state index contributed by atoms with van der Waals surface area (Å²) in [6.45, 7) is 8.04. The molecule has 5 heteroatoms. The lowest BCUT2D eigenvalue weighted by molar-refractivity contribution is 0.167. The molecule has 0 radical (unpaired) electrons. The van der Waals surface area contributed by atoms with E-state index in [4.69, 9.17) is 0 Å². The summed E-state index contributed by atoms with van der Waals surface area (Å²) in [5, 5.41) is 7.02. The van der Waals surface area contributed by atoms with E-state index in [-0.39, 0.29) is 24.0 Å². The number of nitrogens with zero attached hydrogens (tertiary/aromatic N) is 2. The minimum absolute atomic E-state index is 0. The smallest absolute Gasteiger partial charge is 0.191 e. The predicted molar refractivity (Wildman–Crippen MR) is 97.0 cm³/mol. The summed E-state index contributed by atoms with van der Waals surface area (Å²) in [6, 6.07) is 1.26. The molecule has 20 heavy (non-hydrogen) atoms. The largest absolute Gasteiger partial charge is 0.356 e. The molecule has 2 fully saturated rings. The third-order valence-corrected chi connectivity index (χ3v) is 4.37. The van der Waals surface area contributed by atoms with Gasteiger partial charge < -0.3 is 15.5 Å². The van der Waals surface area contributed by atoms with Crippen LogP contribution < -0.4 is 10.6 Å². The predicted octanol–water partition coefficient (Wildman–Crippen LogP) is 2.44. The zero-order valence-electron chi connectivity index (χ0n) is 13.2. The Hall–Kier alpha value is -0.0400. The molecule has 2 aliphatic rings. The van der Waals surface area contributed by atoms with Crippen molar-refractivity contribution in [3.05, 3.63) is 0 Å². The molecule has 1 aliphatic carbocycles. The first-order valence-electron chi connectivity index (χ1n) is 7.90. The van der Waals surface area contributed by atoms with E-state index in [1.807, 2.05) is 7.05 Å². The Balaban J connectivity index is 0.00000200. The minimum atomic E-state index is 0. The van der Waals surface area contributed by atoms with Gasteiger partial charge in [-0.1, -0.05) is 12.8 Å². The molecule has 0 aromatic carbocycles. The number of piperidine rings is 1. The van der Waals surface area contributed by atoms with Crippen molar-refractivity contribution < 1.29 is 0 Å². The van der Waals surface area contributed by atoms with Gasteiger partial charge in [0.2, 0.25) is 0 Å². The summed E-state index contributed by atoms with van der Waals surface area (Å²) in [4.78, 5) is 6.89. The van der Waals surface area contributed by atoms with Gasteiger partial charge in [-0.15, -0.1) is 24.0 Å². The third-order valence-electron chi connectivity index (χ3n) is 4.37. The Kier molecular flexibility index (Phi) is 8.17. The van der Waals surface area contributed by atoms with Crippen LogP contribution in [0, 0.1) is 5.92 Å². The number of guanidine groups is 1. The van der Waals surface area contributed by atoms with E-state index in [0.29, 0.717) is 12.1 Å². The van der Waals surface area contributed by atoms with Crippen LogP contribution in [0.2, 0.25) is 0 Å². The molecule has 0 aromatic heterocycles. The standard InChI is InChI=1S/C15H30N4.HI/c1-12(2)19-10-7-14(8-11-19)18-15(16-3)17-9-6-13-4-5-13;/h12-14H,4-11H2,1-3H3,(H2,16,17,18);1H.